The fourth-order valence-corrected chi connectivity index (χ4v) is 2.52. The summed E-state index contributed by atoms with van der Waals surface area (Å²) in [5.41, 5.74) is 0.173. The fraction of sp³-hybridized carbons (Fsp3) is 0.385. The van der Waals surface area contributed by atoms with Crippen LogP contribution in [0.1, 0.15) is 12.8 Å². The third-order valence-corrected chi connectivity index (χ3v) is 3.65. The first-order valence-corrected chi connectivity index (χ1v) is 6.17. The predicted octanol–water partition coefficient (Wildman–Crippen LogP) is 1.80. The van der Waals surface area contributed by atoms with Gasteiger partial charge in [0.15, 0.2) is 0 Å². The van der Waals surface area contributed by atoms with Crippen molar-refractivity contribution in [3.05, 3.63) is 46.5 Å². The number of aliphatic hydroxyl groups excluding tert-OH is 1. The number of hydrogen-bond acceptors (Lipinski definition) is 5. The minimum Gasteiger partial charge on any atom is -0.393 e. The maximum absolute atomic E-state index is 10.6. The molecule has 1 saturated heterocycles. The van der Waals surface area contributed by atoms with E-state index in [9.17, 15) is 15.2 Å². The number of hydrogen-bond donors (Lipinski definition) is 1. The monoisotopic (exact) mass is 262 g/mol. The number of anilines is 1. The molecular weight excluding hydrogens is 248 g/mol. The number of benzene rings is 1. The Kier molecular flexibility index (Phi) is 2.76. The number of hydroxylamine groups is 1. The predicted molar refractivity (Wildman–Crippen MR) is 68.6 cm³/mol. The van der Waals surface area contributed by atoms with E-state index in [2.05, 4.69) is 0 Å². The van der Waals surface area contributed by atoms with Crippen LogP contribution in [-0.2, 0) is 4.84 Å². The van der Waals surface area contributed by atoms with Gasteiger partial charge in [-0.2, -0.15) is 0 Å². The molecule has 6 nitrogen and oxygen atoms in total. The van der Waals surface area contributed by atoms with E-state index in [1.165, 1.54) is 12.1 Å². The lowest BCUT2D eigenvalue weighted by atomic mass is 9.87. The molecule has 0 aromatic heterocycles. The molecule has 0 saturated carbocycles. The summed E-state index contributed by atoms with van der Waals surface area (Å²) in [6.45, 7) is -0.0697. The second-order valence-electron chi connectivity index (χ2n) is 4.88. The standard InChI is InChI=1S/C13H14N2O4/c16-9-13-7-5-11(6-8-13)14(19-13)10-1-3-12(4-2-10)15(17)18/h1-5,7,11,16H,6,8-9H2/t11-,13+/m1/s1. The molecule has 100 valence electrons. The molecule has 1 N–H and O–H groups in total. The van der Waals surface area contributed by atoms with Crippen molar-refractivity contribution in [1.29, 1.82) is 0 Å². The summed E-state index contributed by atoms with van der Waals surface area (Å²) >= 11 is 0. The van der Waals surface area contributed by atoms with Crippen LogP contribution in [0.25, 0.3) is 0 Å². The highest BCUT2D eigenvalue weighted by atomic mass is 16.7. The minimum absolute atomic E-state index is 0.0540. The van der Waals surface area contributed by atoms with Crippen LogP contribution in [0, 0.1) is 10.1 Å². The first-order valence-electron chi connectivity index (χ1n) is 6.17. The van der Waals surface area contributed by atoms with Gasteiger partial charge in [0, 0.05) is 12.1 Å². The molecule has 4 rings (SSSR count). The molecule has 2 heterocycles. The Morgan fingerprint density at radius 3 is 2.74 bits per heavy atom. The molecule has 1 aliphatic carbocycles. The van der Waals surface area contributed by atoms with Crippen LogP contribution in [0.15, 0.2) is 36.4 Å². The fourth-order valence-electron chi connectivity index (χ4n) is 2.52. The molecule has 2 atom stereocenters. The van der Waals surface area contributed by atoms with Gasteiger partial charge < -0.3 is 5.11 Å². The van der Waals surface area contributed by atoms with E-state index in [1.54, 1.807) is 17.2 Å². The van der Waals surface area contributed by atoms with Crippen molar-refractivity contribution < 1.29 is 14.9 Å². The molecule has 6 heteroatoms. The summed E-state index contributed by atoms with van der Waals surface area (Å²) < 4.78 is 0. The van der Waals surface area contributed by atoms with Gasteiger partial charge >= 0.3 is 0 Å². The third kappa shape index (κ3) is 1.98. The van der Waals surface area contributed by atoms with Crippen LogP contribution in [0.3, 0.4) is 0 Å². The van der Waals surface area contributed by atoms with Crippen molar-refractivity contribution in [1.82, 2.24) is 0 Å². The number of non-ortho nitro benzene ring substituents is 1. The topological polar surface area (TPSA) is 75.8 Å². The number of fused-ring (bicyclic) bond motifs is 2. The maximum atomic E-state index is 10.6. The van der Waals surface area contributed by atoms with Crippen molar-refractivity contribution in [3.63, 3.8) is 0 Å². The van der Waals surface area contributed by atoms with E-state index in [0.717, 1.165) is 18.5 Å². The molecule has 1 fully saturated rings. The van der Waals surface area contributed by atoms with Gasteiger partial charge in [-0.3, -0.25) is 15.0 Å². The van der Waals surface area contributed by atoms with E-state index in [-0.39, 0.29) is 18.3 Å². The van der Waals surface area contributed by atoms with Crippen LogP contribution in [0.4, 0.5) is 11.4 Å². The number of nitrogens with zero attached hydrogens (tertiary/aromatic N) is 2. The van der Waals surface area contributed by atoms with Gasteiger partial charge in [0.05, 0.1) is 23.3 Å². The largest absolute Gasteiger partial charge is 0.393 e. The highest BCUT2D eigenvalue weighted by Gasteiger charge is 2.42. The van der Waals surface area contributed by atoms with Crippen molar-refractivity contribution >= 4 is 11.4 Å². The zero-order valence-electron chi connectivity index (χ0n) is 10.2. The summed E-state index contributed by atoms with van der Waals surface area (Å²) in [7, 11) is 0. The zero-order valence-corrected chi connectivity index (χ0v) is 10.2. The Balaban J connectivity index is 1.87. The first kappa shape index (κ1) is 12.1. The normalized spacial score (nSPS) is 28.7. The lowest BCUT2D eigenvalue weighted by Gasteiger charge is -2.48. The molecule has 2 bridgehead atoms. The molecular formula is C13H14N2O4. The summed E-state index contributed by atoms with van der Waals surface area (Å²) in [5.74, 6) is 0. The van der Waals surface area contributed by atoms with Crippen LogP contribution in [0.2, 0.25) is 0 Å². The van der Waals surface area contributed by atoms with Crippen LogP contribution >= 0.6 is 0 Å². The highest BCUT2D eigenvalue weighted by molar-refractivity contribution is 5.51. The van der Waals surface area contributed by atoms with Crippen molar-refractivity contribution in [2.75, 3.05) is 11.7 Å². The van der Waals surface area contributed by atoms with E-state index >= 15 is 0 Å². The van der Waals surface area contributed by atoms with Gasteiger partial charge in [-0.25, -0.2) is 5.06 Å². The van der Waals surface area contributed by atoms with Gasteiger partial charge in [-0.15, -0.1) is 0 Å². The quantitative estimate of drug-likeness (QED) is 0.510. The average molecular weight is 262 g/mol. The van der Waals surface area contributed by atoms with Crippen LogP contribution in [0.5, 0.6) is 0 Å². The molecule has 19 heavy (non-hydrogen) atoms. The molecule has 0 spiro atoms. The lowest BCUT2D eigenvalue weighted by molar-refractivity contribution is -0.384. The molecule has 3 aliphatic rings. The Bertz CT molecular complexity index is 528. The maximum Gasteiger partial charge on any atom is 0.269 e. The number of rotatable bonds is 3. The summed E-state index contributed by atoms with van der Waals surface area (Å²) in [6, 6.07) is 6.36. The average Bonchev–Trinajstić information content (AvgIpc) is 2.48. The molecule has 0 radical (unpaired) electrons. The number of aliphatic hydroxyl groups is 1. The number of nitro groups is 1. The Morgan fingerprint density at radius 2 is 2.21 bits per heavy atom. The van der Waals surface area contributed by atoms with Crippen molar-refractivity contribution in [2.45, 2.75) is 24.5 Å². The van der Waals surface area contributed by atoms with Crippen LogP contribution < -0.4 is 5.06 Å². The second-order valence-corrected chi connectivity index (χ2v) is 4.88. The van der Waals surface area contributed by atoms with Crippen LogP contribution in [-0.4, -0.2) is 28.3 Å². The van der Waals surface area contributed by atoms with Gasteiger partial charge in [0.25, 0.3) is 5.69 Å². The SMILES string of the molecule is O=[N+]([O-])c1ccc(N2O[C@@]3(CO)C=C[C@@H]2CC3)cc1. The molecule has 1 aromatic carbocycles. The molecule has 2 aliphatic heterocycles. The molecule has 0 unspecified atom stereocenters. The summed E-state index contributed by atoms with van der Waals surface area (Å²) in [5, 5.41) is 21.8. The third-order valence-electron chi connectivity index (χ3n) is 3.65. The Labute approximate surface area is 110 Å². The lowest BCUT2D eigenvalue weighted by Crippen LogP contribution is -2.54. The van der Waals surface area contributed by atoms with E-state index in [1.807, 2.05) is 12.2 Å². The van der Waals surface area contributed by atoms with Crippen molar-refractivity contribution in [2.24, 2.45) is 0 Å². The zero-order chi connectivity index (χ0) is 13.5. The van der Waals surface area contributed by atoms with Crippen molar-refractivity contribution in [3.8, 4) is 0 Å². The first-order chi connectivity index (χ1) is 9.13. The van der Waals surface area contributed by atoms with E-state index in [4.69, 9.17) is 4.84 Å². The Hall–Kier alpha value is -1.92. The minimum atomic E-state index is -0.642. The Morgan fingerprint density at radius 1 is 1.47 bits per heavy atom. The number of nitro benzene ring substituents is 1. The summed E-state index contributed by atoms with van der Waals surface area (Å²) in [6.07, 6.45) is 5.61. The molecule has 0 amide bonds. The second kappa shape index (κ2) is 4.32. The van der Waals surface area contributed by atoms with Gasteiger partial charge in [-0.1, -0.05) is 6.08 Å². The van der Waals surface area contributed by atoms with E-state index < -0.39 is 10.5 Å². The van der Waals surface area contributed by atoms with Gasteiger partial charge in [0.1, 0.15) is 5.60 Å². The van der Waals surface area contributed by atoms with Gasteiger partial charge in [0.2, 0.25) is 0 Å². The highest BCUT2D eigenvalue weighted by Crippen LogP contribution is 2.38. The van der Waals surface area contributed by atoms with E-state index in [0.29, 0.717) is 0 Å². The summed E-state index contributed by atoms with van der Waals surface area (Å²) in [4.78, 5) is 16.0. The molecule has 1 aromatic rings. The van der Waals surface area contributed by atoms with Gasteiger partial charge in [-0.05, 0) is 31.1 Å². The smallest absolute Gasteiger partial charge is 0.269 e.